The topological polar surface area (TPSA) is 22.0 Å². The summed E-state index contributed by atoms with van der Waals surface area (Å²) >= 11 is 2.27. The molecule has 1 aromatic rings. The van der Waals surface area contributed by atoms with Crippen molar-refractivity contribution in [1.82, 2.24) is 4.57 Å². The van der Waals surface area contributed by atoms with Crippen LogP contribution >= 0.6 is 22.6 Å². The van der Waals surface area contributed by atoms with Gasteiger partial charge in [0.15, 0.2) is 0 Å². The fraction of sp³-hybridized carbons (Fsp3) is 0.583. The number of rotatable bonds is 2. The monoisotopic (exact) mass is 319 g/mol. The first-order valence-corrected chi connectivity index (χ1v) is 6.24. The van der Waals surface area contributed by atoms with E-state index < -0.39 is 0 Å². The molecule has 0 aromatic carbocycles. The predicted octanol–water partition coefficient (Wildman–Crippen LogP) is 3.20. The van der Waals surface area contributed by atoms with Gasteiger partial charge in [0.25, 0.3) is 5.56 Å². The van der Waals surface area contributed by atoms with Gasteiger partial charge >= 0.3 is 0 Å². The third kappa shape index (κ3) is 3.97. The molecule has 84 valence electrons. The summed E-state index contributed by atoms with van der Waals surface area (Å²) in [7, 11) is 0. The van der Waals surface area contributed by atoms with E-state index in [9.17, 15) is 4.79 Å². The van der Waals surface area contributed by atoms with Crippen LogP contribution in [-0.2, 0) is 6.54 Å². The Hall–Kier alpha value is -0.320. The van der Waals surface area contributed by atoms with Gasteiger partial charge in [0.2, 0.25) is 0 Å². The molecule has 0 unspecified atom stereocenters. The second-order valence-corrected chi connectivity index (χ2v) is 6.31. The van der Waals surface area contributed by atoms with Crippen molar-refractivity contribution in [2.24, 2.45) is 5.41 Å². The molecule has 0 aliphatic carbocycles. The van der Waals surface area contributed by atoms with Gasteiger partial charge in [-0.3, -0.25) is 4.79 Å². The number of hydrogen-bond donors (Lipinski definition) is 0. The SMILES string of the molecule is Cc1cc(=O)n(CCC(C)(C)C)cc1I. The van der Waals surface area contributed by atoms with Crippen LogP contribution in [0.3, 0.4) is 0 Å². The predicted molar refractivity (Wildman–Crippen MR) is 72.2 cm³/mol. The largest absolute Gasteiger partial charge is 0.314 e. The van der Waals surface area contributed by atoms with Crippen molar-refractivity contribution in [3.8, 4) is 0 Å². The molecule has 0 atom stereocenters. The molecule has 1 aromatic heterocycles. The first-order chi connectivity index (χ1) is 6.79. The van der Waals surface area contributed by atoms with Crippen molar-refractivity contribution in [2.45, 2.75) is 40.7 Å². The molecule has 0 fully saturated rings. The summed E-state index contributed by atoms with van der Waals surface area (Å²) in [5.74, 6) is 0. The molecule has 0 bridgehead atoms. The second kappa shape index (κ2) is 4.68. The zero-order valence-electron chi connectivity index (χ0n) is 9.80. The Bertz CT molecular complexity index is 401. The van der Waals surface area contributed by atoms with Gasteiger partial charge in [0.05, 0.1) is 0 Å². The summed E-state index contributed by atoms with van der Waals surface area (Å²) in [5, 5.41) is 0. The van der Waals surface area contributed by atoms with E-state index in [1.807, 2.05) is 13.1 Å². The average Bonchev–Trinajstić information content (AvgIpc) is 2.07. The fourth-order valence-electron chi connectivity index (χ4n) is 1.27. The minimum atomic E-state index is 0.108. The summed E-state index contributed by atoms with van der Waals surface area (Å²) in [4.78, 5) is 11.7. The smallest absolute Gasteiger partial charge is 0.250 e. The molecule has 1 heterocycles. The molecule has 0 spiro atoms. The van der Waals surface area contributed by atoms with Crippen molar-refractivity contribution in [1.29, 1.82) is 0 Å². The lowest BCUT2D eigenvalue weighted by atomic mass is 9.92. The zero-order chi connectivity index (χ0) is 11.6. The lowest BCUT2D eigenvalue weighted by Gasteiger charge is -2.18. The molecule has 15 heavy (non-hydrogen) atoms. The van der Waals surface area contributed by atoms with Crippen LogP contribution in [0, 0.1) is 15.9 Å². The Labute approximate surface area is 105 Å². The van der Waals surface area contributed by atoms with Gasteiger partial charge in [-0.1, -0.05) is 20.8 Å². The molecule has 0 amide bonds. The molecule has 2 nitrogen and oxygen atoms in total. The van der Waals surface area contributed by atoms with E-state index in [0.717, 1.165) is 22.1 Å². The lowest BCUT2D eigenvalue weighted by molar-refractivity contribution is 0.347. The second-order valence-electron chi connectivity index (χ2n) is 5.15. The number of nitrogens with zero attached hydrogens (tertiary/aromatic N) is 1. The van der Waals surface area contributed by atoms with Crippen LogP contribution in [-0.4, -0.2) is 4.57 Å². The number of halogens is 1. The van der Waals surface area contributed by atoms with Crippen LogP contribution < -0.4 is 5.56 Å². The van der Waals surface area contributed by atoms with Crippen LogP contribution in [0.5, 0.6) is 0 Å². The molecular formula is C12H18INO. The Kier molecular flexibility index (Phi) is 3.98. The third-order valence-corrected chi connectivity index (χ3v) is 3.50. The van der Waals surface area contributed by atoms with E-state index in [1.165, 1.54) is 0 Å². The fourth-order valence-corrected chi connectivity index (χ4v) is 1.76. The Morgan fingerprint density at radius 2 is 2.00 bits per heavy atom. The summed E-state index contributed by atoms with van der Waals surface area (Å²) < 4.78 is 2.96. The van der Waals surface area contributed by atoms with Gasteiger partial charge in [-0.15, -0.1) is 0 Å². The highest BCUT2D eigenvalue weighted by Crippen LogP contribution is 2.19. The van der Waals surface area contributed by atoms with Crippen molar-refractivity contribution in [3.63, 3.8) is 0 Å². The zero-order valence-corrected chi connectivity index (χ0v) is 12.0. The molecule has 0 aliphatic heterocycles. The van der Waals surface area contributed by atoms with Crippen LogP contribution in [0.1, 0.15) is 32.8 Å². The van der Waals surface area contributed by atoms with E-state index >= 15 is 0 Å². The minimum Gasteiger partial charge on any atom is -0.314 e. The normalized spacial score (nSPS) is 11.8. The maximum atomic E-state index is 11.7. The molecule has 0 saturated carbocycles. The highest BCUT2D eigenvalue weighted by Gasteiger charge is 2.10. The summed E-state index contributed by atoms with van der Waals surface area (Å²) in [5.41, 5.74) is 1.44. The van der Waals surface area contributed by atoms with Crippen molar-refractivity contribution in [2.75, 3.05) is 0 Å². The molecule has 3 heteroatoms. The average molecular weight is 319 g/mol. The van der Waals surface area contributed by atoms with Gasteiger partial charge in [-0.2, -0.15) is 0 Å². The summed E-state index contributed by atoms with van der Waals surface area (Å²) in [6.07, 6.45) is 2.97. The van der Waals surface area contributed by atoms with Crippen molar-refractivity contribution in [3.05, 3.63) is 31.8 Å². The van der Waals surface area contributed by atoms with Crippen LogP contribution in [0.25, 0.3) is 0 Å². The Morgan fingerprint density at radius 1 is 1.40 bits per heavy atom. The van der Waals surface area contributed by atoms with E-state index in [2.05, 4.69) is 43.4 Å². The van der Waals surface area contributed by atoms with Gasteiger partial charge in [-0.25, -0.2) is 0 Å². The number of aromatic nitrogens is 1. The van der Waals surface area contributed by atoms with Crippen LogP contribution in [0.2, 0.25) is 0 Å². The Morgan fingerprint density at radius 3 is 2.53 bits per heavy atom. The van der Waals surface area contributed by atoms with Gasteiger partial charge < -0.3 is 4.57 Å². The molecule has 0 saturated heterocycles. The minimum absolute atomic E-state index is 0.108. The molecular weight excluding hydrogens is 301 g/mol. The quantitative estimate of drug-likeness (QED) is 0.767. The third-order valence-electron chi connectivity index (χ3n) is 2.37. The molecule has 1 rings (SSSR count). The van der Waals surface area contributed by atoms with Crippen LogP contribution in [0.15, 0.2) is 17.1 Å². The number of aryl methyl sites for hydroxylation is 2. The van der Waals surface area contributed by atoms with Crippen LogP contribution in [0.4, 0.5) is 0 Å². The van der Waals surface area contributed by atoms with Gasteiger partial charge in [0.1, 0.15) is 0 Å². The summed E-state index contributed by atoms with van der Waals surface area (Å²) in [6, 6.07) is 1.71. The van der Waals surface area contributed by atoms with Gasteiger partial charge in [-0.05, 0) is 46.9 Å². The molecule has 0 radical (unpaired) electrons. The highest BCUT2D eigenvalue weighted by molar-refractivity contribution is 14.1. The van der Waals surface area contributed by atoms with Crippen molar-refractivity contribution >= 4 is 22.6 Å². The maximum Gasteiger partial charge on any atom is 0.250 e. The first-order valence-electron chi connectivity index (χ1n) is 5.16. The van der Waals surface area contributed by atoms with E-state index in [-0.39, 0.29) is 11.0 Å². The van der Waals surface area contributed by atoms with E-state index in [0.29, 0.717) is 0 Å². The molecule has 0 aliphatic rings. The first kappa shape index (κ1) is 12.7. The van der Waals surface area contributed by atoms with Gasteiger partial charge in [0, 0.05) is 22.4 Å². The maximum absolute atomic E-state index is 11.7. The standard InChI is InChI=1S/C12H18INO/c1-9-7-11(15)14(8-10(9)13)6-5-12(2,3)4/h7-8H,5-6H2,1-4H3. The molecule has 0 N–H and O–H groups in total. The Balaban J connectivity index is 2.87. The summed E-state index contributed by atoms with van der Waals surface area (Å²) in [6.45, 7) is 9.35. The highest BCUT2D eigenvalue weighted by atomic mass is 127. The lowest BCUT2D eigenvalue weighted by Crippen LogP contribution is -2.22. The van der Waals surface area contributed by atoms with E-state index in [4.69, 9.17) is 0 Å². The van der Waals surface area contributed by atoms with Crippen molar-refractivity contribution < 1.29 is 0 Å². The van der Waals surface area contributed by atoms with E-state index in [1.54, 1.807) is 10.6 Å². The number of hydrogen-bond acceptors (Lipinski definition) is 1. The number of pyridine rings is 1.